The van der Waals surface area contributed by atoms with Crippen molar-refractivity contribution in [2.24, 2.45) is 0 Å². The van der Waals surface area contributed by atoms with Crippen molar-refractivity contribution in [1.29, 1.82) is 0 Å². The van der Waals surface area contributed by atoms with Crippen molar-refractivity contribution >= 4 is 29.2 Å². The third-order valence-electron chi connectivity index (χ3n) is 3.24. The number of aliphatic carboxylic acids is 2. The lowest BCUT2D eigenvalue weighted by atomic mass is 10.3. The number of aliphatic hydroxyl groups excluding tert-OH is 1. The fraction of sp³-hybridized carbons (Fsp3) is 0.500. The zero-order chi connectivity index (χ0) is 23.6. The van der Waals surface area contributed by atoms with E-state index in [0.29, 0.717) is 41.4 Å². The molecule has 0 bridgehead atoms. The number of rotatable bonds is 13. The van der Waals surface area contributed by atoms with Crippen LogP contribution in [0.25, 0.3) is 0 Å². The van der Waals surface area contributed by atoms with Gasteiger partial charge in [-0.1, -0.05) is 44.3 Å². The quantitative estimate of drug-likeness (QED) is 0.169. The zero-order valence-corrected chi connectivity index (χ0v) is 18.7. The minimum Gasteiger partial charge on any atom is -0.478 e. The Morgan fingerprint density at radius 2 is 1.84 bits per heavy atom. The van der Waals surface area contributed by atoms with Gasteiger partial charge in [-0.3, -0.25) is 4.79 Å². The van der Waals surface area contributed by atoms with Crippen LogP contribution in [0.1, 0.15) is 43.3 Å². The van der Waals surface area contributed by atoms with Gasteiger partial charge in [-0.15, -0.1) is 0 Å². The summed E-state index contributed by atoms with van der Waals surface area (Å²) in [5, 5.41) is 31.7. The lowest BCUT2D eigenvalue weighted by Crippen LogP contribution is -2.35. The number of carbonyl (C=O) groups is 3. The van der Waals surface area contributed by atoms with Crippen molar-refractivity contribution in [1.82, 2.24) is 15.6 Å². The molecule has 1 amide bonds. The highest BCUT2D eigenvalue weighted by molar-refractivity contribution is 7.15. The van der Waals surface area contributed by atoms with E-state index in [-0.39, 0.29) is 12.5 Å². The van der Waals surface area contributed by atoms with Crippen LogP contribution in [-0.4, -0.2) is 70.0 Å². The monoisotopic (exact) mass is 457 g/mol. The van der Waals surface area contributed by atoms with Gasteiger partial charge in [0.25, 0.3) is 11.1 Å². The van der Waals surface area contributed by atoms with Gasteiger partial charge in [0, 0.05) is 31.3 Å². The fourth-order valence-electron chi connectivity index (χ4n) is 1.81. The number of thiazole rings is 1. The van der Waals surface area contributed by atoms with Crippen LogP contribution in [0.2, 0.25) is 0 Å². The third-order valence-corrected chi connectivity index (χ3v) is 4.15. The molecule has 10 nitrogen and oxygen atoms in total. The number of aliphatic hydroxyl groups is 1. The van der Waals surface area contributed by atoms with Crippen LogP contribution in [0.4, 0.5) is 0 Å². The van der Waals surface area contributed by atoms with Crippen molar-refractivity contribution in [3.05, 3.63) is 35.4 Å². The standard InChI is InChI=1S/C16H27N3O3S.C4H4O4/c1-4-5-6-7-8-17-15(21)14-10-19-16(23-14)22-11-13(20)9-18-12(2)3;5-3(6)1-2-4(7)8/h5-6,10,12-13,18,20H,4,7-9,11H2,1-3H3,(H,17,21);1-2H,(H,5,6)(H,7,8)/b6-5+;2-1-. The fourth-order valence-corrected chi connectivity index (χ4v) is 2.50. The van der Waals surface area contributed by atoms with Gasteiger partial charge in [0.1, 0.15) is 17.6 Å². The third kappa shape index (κ3) is 16.7. The normalized spacial score (nSPS) is 11.9. The maximum Gasteiger partial charge on any atom is 0.328 e. The summed E-state index contributed by atoms with van der Waals surface area (Å²) >= 11 is 1.18. The molecule has 0 saturated carbocycles. The number of hydrogen-bond acceptors (Lipinski definition) is 8. The molecule has 0 aliphatic rings. The van der Waals surface area contributed by atoms with Crippen molar-refractivity contribution in [2.45, 2.75) is 45.8 Å². The number of carboxylic acids is 2. The summed E-state index contributed by atoms with van der Waals surface area (Å²) in [6, 6.07) is 0.312. The molecular formula is C20H31N3O7S. The van der Waals surface area contributed by atoms with Crippen LogP contribution >= 0.6 is 11.3 Å². The molecule has 0 spiro atoms. The second-order valence-electron chi connectivity index (χ2n) is 6.45. The number of hydrogen-bond donors (Lipinski definition) is 5. The molecule has 0 aliphatic heterocycles. The molecule has 0 aliphatic carbocycles. The van der Waals surface area contributed by atoms with Gasteiger partial charge in [0.15, 0.2) is 0 Å². The van der Waals surface area contributed by atoms with Crippen molar-refractivity contribution in [3.63, 3.8) is 0 Å². The number of allylic oxidation sites excluding steroid dienone is 1. The zero-order valence-electron chi connectivity index (χ0n) is 17.9. The van der Waals surface area contributed by atoms with Crippen LogP contribution < -0.4 is 15.4 Å². The van der Waals surface area contributed by atoms with Crippen molar-refractivity contribution in [3.8, 4) is 5.19 Å². The molecule has 0 fully saturated rings. The summed E-state index contributed by atoms with van der Waals surface area (Å²) in [4.78, 5) is 35.6. The smallest absolute Gasteiger partial charge is 0.328 e. The molecule has 1 aromatic heterocycles. The predicted octanol–water partition coefficient (Wildman–Crippen LogP) is 1.68. The highest BCUT2D eigenvalue weighted by atomic mass is 32.1. The summed E-state index contributed by atoms with van der Waals surface area (Å²) in [6.07, 6.45) is 7.95. The Morgan fingerprint density at radius 1 is 1.19 bits per heavy atom. The molecule has 0 saturated heterocycles. The molecule has 174 valence electrons. The van der Waals surface area contributed by atoms with Crippen molar-refractivity contribution < 1.29 is 34.4 Å². The lowest BCUT2D eigenvalue weighted by Gasteiger charge is -2.13. The Morgan fingerprint density at radius 3 is 2.39 bits per heavy atom. The predicted molar refractivity (Wildman–Crippen MR) is 118 cm³/mol. The second kappa shape index (κ2) is 17.0. The summed E-state index contributed by atoms with van der Waals surface area (Å²) < 4.78 is 5.41. The van der Waals surface area contributed by atoms with E-state index >= 15 is 0 Å². The van der Waals surface area contributed by atoms with E-state index in [9.17, 15) is 19.5 Å². The number of ether oxygens (including phenoxy) is 1. The first-order chi connectivity index (χ1) is 14.6. The maximum atomic E-state index is 11.9. The van der Waals surface area contributed by atoms with Gasteiger partial charge in [-0.25, -0.2) is 14.6 Å². The van der Waals surface area contributed by atoms with E-state index in [1.165, 1.54) is 17.5 Å². The van der Waals surface area contributed by atoms with E-state index in [4.69, 9.17) is 14.9 Å². The first-order valence-corrected chi connectivity index (χ1v) is 10.5. The van der Waals surface area contributed by atoms with E-state index in [2.05, 4.69) is 28.6 Å². The Balaban J connectivity index is 0.000000954. The van der Waals surface area contributed by atoms with Crippen LogP contribution in [0.15, 0.2) is 30.5 Å². The van der Waals surface area contributed by atoms with Gasteiger partial charge < -0.3 is 30.7 Å². The average molecular weight is 458 g/mol. The van der Waals surface area contributed by atoms with Gasteiger partial charge in [0.05, 0.1) is 6.20 Å². The molecule has 0 radical (unpaired) electrons. The van der Waals surface area contributed by atoms with E-state index in [1.54, 1.807) is 0 Å². The SMILES string of the molecule is CC/C=C/CCNC(=O)c1cnc(OCC(O)CNC(C)C)s1.O=C(O)/C=C\C(=O)O. The molecule has 5 N–H and O–H groups in total. The molecule has 31 heavy (non-hydrogen) atoms. The Labute approximate surface area is 185 Å². The van der Waals surface area contributed by atoms with E-state index < -0.39 is 18.0 Å². The number of amides is 1. The van der Waals surface area contributed by atoms with Crippen LogP contribution in [0, 0.1) is 0 Å². The van der Waals surface area contributed by atoms with Gasteiger partial charge in [-0.2, -0.15) is 0 Å². The van der Waals surface area contributed by atoms with Crippen LogP contribution in [0.3, 0.4) is 0 Å². The molecule has 1 heterocycles. The Hall–Kier alpha value is -2.76. The Bertz CT molecular complexity index is 716. The van der Waals surface area contributed by atoms with Gasteiger partial charge in [0.2, 0.25) is 0 Å². The Kier molecular flexibility index (Phi) is 15.5. The number of nitrogens with zero attached hydrogens (tertiary/aromatic N) is 1. The summed E-state index contributed by atoms with van der Waals surface area (Å²) in [7, 11) is 0. The summed E-state index contributed by atoms with van der Waals surface area (Å²) in [5.74, 6) is -2.66. The highest BCUT2D eigenvalue weighted by Crippen LogP contribution is 2.20. The van der Waals surface area contributed by atoms with Gasteiger partial charge >= 0.3 is 11.9 Å². The highest BCUT2D eigenvalue weighted by Gasteiger charge is 2.12. The minimum absolute atomic E-state index is 0.149. The van der Waals surface area contributed by atoms with Crippen LogP contribution in [0.5, 0.6) is 5.19 Å². The maximum absolute atomic E-state index is 11.9. The van der Waals surface area contributed by atoms with Crippen LogP contribution in [-0.2, 0) is 9.59 Å². The lowest BCUT2D eigenvalue weighted by molar-refractivity contribution is -0.134. The molecule has 1 aromatic rings. The number of carboxylic acid groups (broad SMARTS) is 2. The summed E-state index contributed by atoms with van der Waals surface area (Å²) in [6.45, 7) is 7.30. The van der Waals surface area contributed by atoms with Crippen molar-refractivity contribution in [2.75, 3.05) is 19.7 Å². The average Bonchev–Trinajstić information content (AvgIpc) is 3.18. The topological polar surface area (TPSA) is 158 Å². The molecular weight excluding hydrogens is 426 g/mol. The first kappa shape index (κ1) is 28.2. The molecule has 0 aromatic carbocycles. The van der Waals surface area contributed by atoms with E-state index in [0.717, 1.165) is 12.8 Å². The molecule has 1 atom stereocenters. The molecule has 1 unspecified atom stereocenters. The molecule has 1 rings (SSSR count). The van der Waals surface area contributed by atoms with E-state index in [1.807, 2.05) is 19.9 Å². The molecule has 11 heteroatoms. The number of carbonyl (C=O) groups excluding carboxylic acids is 1. The number of nitrogens with one attached hydrogen (secondary N) is 2. The van der Waals surface area contributed by atoms with Gasteiger partial charge in [-0.05, 0) is 12.8 Å². The minimum atomic E-state index is -1.26. The second-order valence-corrected chi connectivity index (χ2v) is 7.45. The summed E-state index contributed by atoms with van der Waals surface area (Å²) in [5.41, 5.74) is 0. The largest absolute Gasteiger partial charge is 0.478 e. The first-order valence-electron chi connectivity index (χ1n) is 9.72. The number of aromatic nitrogens is 1.